The van der Waals surface area contributed by atoms with Gasteiger partial charge in [-0.15, -0.1) is 13.2 Å². The average molecular weight is 308 g/mol. The van der Waals surface area contributed by atoms with E-state index in [-0.39, 0.29) is 23.9 Å². The molecule has 0 heterocycles. The molecule has 2 radical (unpaired) electrons. The molecule has 6 heteroatoms. The molecule has 0 aromatic rings. The SMILES string of the molecule is CC(C)(C)OC[CH]C(CC(=O)OC(F)(F)F)C1C[CH]CC1. The monoisotopic (exact) mass is 308 g/mol. The Kier molecular flexibility index (Phi) is 6.50. The molecule has 0 spiro atoms. The summed E-state index contributed by atoms with van der Waals surface area (Å²) in [5.41, 5.74) is -0.324. The lowest BCUT2D eigenvalue weighted by Crippen LogP contribution is -2.27. The second kappa shape index (κ2) is 7.47. The molecule has 0 bridgehead atoms. The zero-order valence-corrected chi connectivity index (χ0v) is 12.7. The lowest BCUT2D eigenvalue weighted by Gasteiger charge is -2.25. The highest BCUT2D eigenvalue weighted by atomic mass is 19.4. The predicted octanol–water partition coefficient (Wildman–Crippen LogP) is 4.08. The minimum atomic E-state index is -4.91. The molecule has 2 atom stereocenters. The minimum Gasteiger partial charge on any atom is -0.376 e. The number of halogens is 3. The largest absolute Gasteiger partial charge is 0.575 e. The van der Waals surface area contributed by atoms with Crippen molar-refractivity contribution in [3.63, 3.8) is 0 Å². The van der Waals surface area contributed by atoms with Crippen molar-refractivity contribution in [2.24, 2.45) is 11.8 Å². The third-order valence-corrected chi connectivity index (χ3v) is 3.36. The van der Waals surface area contributed by atoms with Crippen LogP contribution in [0.3, 0.4) is 0 Å². The van der Waals surface area contributed by atoms with E-state index in [4.69, 9.17) is 4.74 Å². The van der Waals surface area contributed by atoms with E-state index in [1.54, 1.807) is 6.42 Å². The Balaban J connectivity index is 2.50. The molecule has 1 saturated carbocycles. The van der Waals surface area contributed by atoms with Crippen LogP contribution in [-0.4, -0.2) is 24.5 Å². The van der Waals surface area contributed by atoms with Crippen LogP contribution in [0.2, 0.25) is 0 Å². The molecule has 0 aromatic carbocycles. The molecule has 0 saturated heterocycles. The number of rotatable bonds is 6. The van der Waals surface area contributed by atoms with E-state index >= 15 is 0 Å². The van der Waals surface area contributed by atoms with E-state index in [0.29, 0.717) is 6.61 Å². The van der Waals surface area contributed by atoms with Gasteiger partial charge in [0.05, 0.1) is 12.2 Å². The van der Waals surface area contributed by atoms with Crippen LogP contribution in [0.1, 0.15) is 46.5 Å². The molecule has 1 fully saturated rings. The van der Waals surface area contributed by atoms with Gasteiger partial charge in [0.15, 0.2) is 0 Å². The van der Waals surface area contributed by atoms with Crippen molar-refractivity contribution < 1.29 is 27.4 Å². The molecule has 3 nitrogen and oxygen atoms in total. The van der Waals surface area contributed by atoms with Gasteiger partial charge in [-0.2, -0.15) is 0 Å². The van der Waals surface area contributed by atoms with E-state index in [1.807, 2.05) is 20.8 Å². The van der Waals surface area contributed by atoms with E-state index < -0.39 is 12.3 Å². The third-order valence-electron chi connectivity index (χ3n) is 3.36. The van der Waals surface area contributed by atoms with E-state index in [0.717, 1.165) is 19.3 Å². The van der Waals surface area contributed by atoms with Crippen molar-refractivity contribution >= 4 is 5.97 Å². The molecule has 0 aliphatic heterocycles. The Labute approximate surface area is 124 Å². The molecule has 2 unspecified atom stereocenters. The molecule has 21 heavy (non-hydrogen) atoms. The summed E-state index contributed by atoms with van der Waals surface area (Å²) in [6, 6.07) is 0. The van der Waals surface area contributed by atoms with Gasteiger partial charge in [-0.1, -0.05) is 0 Å². The van der Waals surface area contributed by atoms with Crippen molar-refractivity contribution in [3.8, 4) is 0 Å². The molecule has 1 rings (SSSR count). The highest BCUT2D eigenvalue weighted by Crippen LogP contribution is 2.35. The van der Waals surface area contributed by atoms with Crippen LogP contribution in [0, 0.1) is 24.7 Å². The van der Waals surface area contributed by atoms with Gasteiger partial charge < -0.3 is 9.47 Å². The maximum Gasteiger partial charge on any atom is 0.575 e. The Morgan fingerprint density at radius 2 is 2.05 bits per heavy atom. The van der Waals surface area contributed by atoms with Crippen molar-refractivity contribution in [1.82, 2.24) is 0 Å². The summed E-state index contributed by atoms with van der Waals surface area (Å²) in [4.78, 5) is 11.4. The topological polar surface area (TPSA) is 35.5 Å². The fourth-order valence-electron chi connectivity index (χ4n) is 2.40. The lowest BCUT2D eigenvalue weighted by atomic mass is 9.86. The first-order valence-corrected chi connectivity index (χ1v) is 7.14. The van der Waals surface area contributed by atoms with E-state index in [2.05, 4.69) is 11.2 Å². The number of hydrogen-bond acceptors (Lipinski definition) is 3. The van der Waals surface area contributed by atoms with Gasteiger partial charge in [0.25, 0.3) is 0 Å². The van der Waals surface area contributed by atoms with Crippen LogP contribution < -0.4 is 0 Å². The zero-order valence-electron chi connectivity index (χ0n) is 12.7. The first kappa shape index (κ1) is 18.3. The lowest BCUT2D eigenvalue weighted by molar-refractivity contribution is -0.306. The Hall–Kier alpha value is -0.780. The summed E-state index contributed by atoms with van der Waals surface area (Å²) < 4.78 is 45.2. The Bertz CT molecular complexity index is 328. The van der Waals surface area contributed by atoms with Gasteiger partial charge in [0.2, 0.25) is 0 Å². The van der Waals surface area contributed by atoms with Gasteiger partial charge in [0, 0.05) is 6.42 Å². The van der Waals surface area contributed by atoms with Gasteiger partial charge in [-0.05, 0) is 64.7 Å². The van der Waals surface area contributed by atoms with Crippen LogP contribution in [-0.2, 0) is 14.3 Å². The highest BCUT2D eigenvalue weighted by Gasteiger charge is 2.36. The van der Waals surface area contributed by atoms with Crippen molar-refractivity contribution in [3.05, 3.63) is 12.8 Å². The fourth-order valence-corrected chi connectivity index (χ4v) is 2.40. The van der Waals surface area contributed by atoms with E-state index in [1.165, 1.54) is 0 Å². The number of esters is 1. The summed E-state index contributed by atoms with van der Waals surface area (Å²) in [7, 11) is 0. The number of carbonyl (C=O) groups excluding carboxylic acids is 1. The normalized spacial score (nSPS) is 18.8. The van der Waals surface area contributed by atoms with Crippen LogP contribution in [0.4, 0.5) is 13.2 Å². The Morgan fingerprint density at radius 3 is 2.52 bits per heavy atom. The Morgan fingerprint density at radius 1 is 1.38 bits per heavy atom. The van der Waals surface area contributed by atoms with Crippen molar-refractivity contribution in [2.45, 2.75) is 58.4 Å². The summed E-state index contributed by atoms with van der Waals surface area (Å²) in [6.07, 6.45) is 1.37. The maximum absolute atomic E-state index is 12.1. The van der Waals surface area contributed by atoms with Crippen LogP contribution in [0.25, 0.3) is 0 Å². The average Bonchev–Trinajstić information content (AvgIpc) is 2.76. The van der Waals surface area contributed by atoms with Crippen molar-refractivity contribution in [2.75, 3.05) is 6.61 Å². The molecule has 0 aromatic heterocycles. The predicted molar refractivity (Wildman–Crippen MR) is 71.9 cm³/mol. The molecular formula is C15H23F3O3. The molecule has 1 aliphatic carbocycles. The maximum atomic E-state index is 12.1. The summed E-state index contributed by atoms with van der Waals surface area (Å²) in [6.45, 7) is 6.01. The smallest absolute Gasteiger partial charge is 0.376 e. The molecular weight excluding hydrogens is 285 g/mol. The highest BCUT2D eigenvalue weighted by molar-refractivity contribution is 5.70. The number of hydrogen-bond donors (Lipinski definition) is 0. The standard InChI is InChI=1S/C15H23F3O3/c1-14(2,3)20-9-8-12(11-6-4-5-7-11)10-13(19)21-15(16,17)18/h4,8,11-12H,5-7,9-10H2,1-3H3. The first-order chi connectivity index (χ1) is 9.57. The van der Waals surface area contributed by atoms with Gasteiger partial charge in [0.1, 0.15) is 0 Å². The van der Waals surface area contributed by atoms with Crippen LogP contribution >= 0.6 is 0 Å². The number of alkyl halides is 3. The fraction of sp³-hybridized carbons (Fsp3) is 0.800. The summed E-state index contributed by atoms with van der Waals surface area (Å²) >= 11 is 0. The zero-order chi connectivity index (χ0) is 16.1. The molecule has 0 amide bonds. The number of ether oxygens (including phenoxy) is 2. The van der Waals surface area contributed by atoms with Gasteiger partial charge in [-0.25, -0.2) is 0 Å². The van der Waals surface area contributed by atoms with Crippen LogP contribution in [0.5, 0.6) is 0 Å². The summed E-state index contributed by atoms with van der Waals surface area (Å²) in [5.74, 6) is -1.29. The van der Waals surface area contributed by atoms with Gasteiger partial charge >= 0.3 is 12.3 Å². The third kappa shape index (κ3) is 8.29. The second-order valence-electron chi connectivity index (χ2n) is 6.31. The van der Waals surface area contributed by atoms with Crippen molar-refractivity contribution in [1.29, 1.82) is 0 Å². The minimum absolute atomic E-state index is 0.189. The molecule has 1 aliphatic rings. The van der Waals surface area contributed by atoms with E-state index in [9.17, 15) is 18.0 Å². The summed E-state index contributed by atoms with van der Waals surface area (Å²) in [5, 5.41) is 0. The van der Waals surface area contributed by atoms with Gasteiger partial charge in [-0.3, -0.25) is 4.79 Å². The van der Waals surface area contributed by atoms with Crippen LogP contribution in [0.15, 0.2) is 0 Å². The molecule has 122 valence electrons. The second-order valence-corrected chi connectivity index (χ2v) is 6.31. The first-order valence-electron chi connectivity index (χ1n) is 7.14. The molecule has 0 N–H and O–H groups in total. The number of carbonyl (C=O) groups is 1. The quantitative estimate of drug-likeness (QED) is 0.694.